The van der Waals surface area contributed by atoms with Gasteiger partial charge in [0, 0.05) is 44.6 Å². The number of fused-ring (bicyclic) bond motifs is 1. The Bertz CT molecular complexity index is 934. The molecule has 0 fully saturated rings. The first-order valence-electron chi connectivity index (χ1n) is 9.30. The predicted molar refractivity (Wildman–Crippen MR) is 112 cm³/mol. The summed E-state index contributed by atoms with van der Waals surface area (Å²) in [6.07, 6.45) is 1.05. The van der Waals surface area contributed by atoms with Crippen molar-refractivity contribution in [2.75, 3.05) is 35.8 Å². The first-order valence-corrected chi connectivity index (χ1v) is 9.30. The summed E-state index contributed by atoms with van der Waals surface area (Å²) in [6.45, 7) is 3.82. The molecule has 0 amide bonds. The molecule has 4 rings (SSSR count). The lowest BCUT2D eigenvalue weighted by Crippen LogP contribution is -2.31. The molecule has 0 spiro atoms. The van der Waals surface area contributed by atoms with E-state index in [1.165, 1.54) is 16.8 Å². The lowest BCUT2D eigenvalue weighted by atomic mass is 10.00. The summed E-state index contributed by atoms with van der Waals surface area (Å²) in [5.41, 5.74) is 5.02. The largest absolute Gasteiger partial charge is 0.378 e. The summed E-state index contributed by atoms with van der Waals surface area (Å²) < 4.78 is 0. The van der Waals surface area contributed by atoms with Crippen molar-refractivity contribution in [3.8, 4) is 0 Å². The third kappa shape index (κ3) is 3.87. The van der Waals surface area contributed by atoms with Gasteiger partial charge < -0.3 is 15.1 Å². The van der Waals surface area contributed by atoms with Gasteiger partial charge in [0.2, 0.25) is 0 Å². The molecule has 5 heteroatoms. The Morgan fingerprint density at radius 2 is 1.70 bits per heavy atom. The van der Waals surface area contributed by atoms with E-state index in [1.54, 1.807) is 0 Å². The fourth-order valence-electron chi connectivity index (χ4n) is 3.46. The van der Waals surface area contributed by atoms with Gasteiger partial charge in [-0.3, -0.25) is 0 Å². The molecule has 0 radical (unpaired) electrons. The maximum absolute atomic E-state index is 4.68. The molecule has 0 saturated carbocycles. The Balaban J connectivity index is 1.55. The highest BCUT2D eigenvalue weighted by atomic mass is 15.2. The molecule has 2 heterocycles. The van der Waals surface area contributed by atoms with E-state index in [9.17, 15) is 0 Å². The minimum Gasteiger partial charge on any atom is -0.378 e. The molecule has 0 atom stereocenters. The molecule has 27 heavy (non-hydrogen) atoms. The van der Waals surface area contributed by atoms with E-state index in [4.69, 9.17) is 0 Å². The van der Waals surface area contributed by atoms with Crippen LogP contribution in [-0.2, 0) is 13.0 Å². The molecular weight excluding hydrogens is 334 g/mol. The second-order valence-corrected chi connectivity index (χ2v) is 7.17. The Kier molecular flexibility index (Phi) is 4.67. The number of anilines is 4. The fourth-order valence-corrected chi connectivity index (χ4v) is 3.46. The molecule has 2 aromatic carbocycles. The molecular formula is C22H25N5. The van der Waals surface area contributed by atoms with Gasteiger partial charge in [-0.05, 0) is 48.7 Å². The maximum atomic E-state index is 4.68. The third-order valence-electron chi connectivity index (χ3n) is 4.94. The van der Waals surface area contributed by atoms with E-state index in [-0.39, 0.29) is 0 Å². The van der Waals surface area contributed by atoms with Crippen LogP contribution in [0.15, 0.2) is 54.6 Å². The van der Waals surface area contributed by atoms with Crippen molar-refractivity contribution in [3.05, 3.63) is 71.5 Å². The first-order chi connectivity index (χ1) is 13.1. The molecule has 5 nitrogen and oxygen atoms in total. The smallest absolute Gasteiger partial charge is 0.136 e. The van der Waals surface area contributed by atoms with Crippen molar-refractivity contribution in [2.45, 2.75) is 19.9 Å². The number of nitrogens with one attached hydrogen (secondary N) is 1. The zero-order valence-corrected chi connectivity index (χ0v) is 16.1. The van der Waals surface area contributed by atoms with E-state index in [1.807, 2.05) is 27.1 Å². The summed E-state index contributed by atoms with van der Waals surface area (Å²) in [7, 11) is 4.08. The standard InChI is InChI=1S/C22H25N5/c1-16-23-21(25-19-8-10-20(11-9-19)26(2)3)14-22(24-16)27-13-12-17-6-4-5-7-18(17)15-27/h4-11,14H,12-13,15H2,1-3H3,(H,23,24,25). The monoisotopic (exact) mass is 359 g/mol. The summed E-state index contributed by atoms with van der Waals surface area (Å²) in [5.74, 6) is 2.58. The topological polar surface area (TPSA) is 44.3 Å². The van der Waals surface area contributed by atoms with Crippen LogP contribution in [0.3, 0.4) is 0 Å². The number of aryl methyl sites for hydroxylation is 1. The van der Waals surface area contributed by atoms with Crippen molar-refractivity contribution < 1.29 is 0 Å². The summed E-state index contributed by atoms with van der Waals surface area (Å²) in [6, 6.07) is 19.0. The van der Waals surface area contributed by atoms with Crippen LogP contribution in [0.2, 0.25) is 0 Å². The van der Waals surface area contributed by atoms with Crippen molar-refractivity contribution in [1.82, 2.24) is 9.97 Å². The summed E-state index contributed by atoms with van der Waals surface area (Å²) in [5, 5.41) is 3.41. The van der Waals surface area contributed by atoms with Crippen LogP contribution in [0, 0.1) is 6.92 Å². The molecule has 0 saturated heterocycles. The average molecular weight is 359 g/mol. The summed E-state index contributed by atoms with van der Waals surface area (Å²) >= 11 is 0. The third-order valence-corrected chi connectivity index (χ3v) is 4.94. The van der Waals surface area contributed by atoms with Gasteiger partial charge in [-0.1, -0.05) is 24.3 Å². The van der Waals surface area contributed by atoms with Crippen LogP contribution in [-0.4, -0.2) is 30.6 Å². The van der Waals surface area contributed by atoms with Gasteiger partial charge in [-0.15, -0.1) is 0 Å². The molecule has 1 aromatic heterocycles. The van der Waals surface area contributed by atoms with Crippen LogP contribution in [0.25, 0.3) is 0 Å². The van der Waals surface area contributed by atoms with Gasteiger partial charge in [-0.25, -0.2) is 9.97 Å². The lowest BCUT2D eigenvalue weighted by molar-refractivity contribution is 0.717. The van der Waals surface area contributed by atoms with Crippen LogP contribution in [0.1, 0.15) is 17.0 Å². The highest BCUT2D eigenvalue weighted by Crippen LogP contribution is 2.26. The molecule has 3 aromatic rings. The number of nitrogens with zero attached hydrogens (tertiary/aromatic N) is 4. The fraction of sp³-hybridized carbons (Fsp3) is 0.273. The number of benzene rings is 2. The quantitative estimate of drug-likeness (QED) is 0.758. The minimum absolute atomic E-state index is 0.777. The molecule has 1 aliphatic heterocycles. The van der Waals surface area contributed by atoms with Gasteiger partial charge in [0.1, 0.15) is 17.5 Å². The molecule has 0 aliphatic carbocycles. The van der Waals surface area contributed by atoms with Crippen LogP contribution >= 0.6 is 0 Å². The zero-order chi connectivity index (χ0) is 18.8. The van der Waals surface area contributed by atoms with E-state index >= 15 is 0 Å². The van der Waals surface area contributed by atoms with Crippen molar-refractivity contribution in [3.63, 3.8) is 0 Å². The Morgan fingerprint density at radius 1 is 0.963 bits per heavy atom. The normalized spacial score (nSPS) is 13.2. The first kappa shape index (κ1) is 17.3. The van der Waals surface area contributed by atoms with E-state index in [2.05, 4.69) is 73.6 Å². The number of rotatable bonds is 4. The highest BCUT2D eigenvalue weighted by molar-refractivity contribution is 5.63. The molecule has 1 N–H and O–H groups in total. The lowest BCUT2D eigenvalue weighted by Gasteiger charge is -2.30. The van der Waals surface area contributed by atoms with Gasteiger partial charge in [-0.2, -0.15) is 0 Å². The number of aromatic nitrogens is 2. The van der Waals surface area contributed by atoms with Gasteiger partial charge >= 0.3 is 0 Å². The Morgan fingerprint density at radius 3 is 2.44 bits per heavy atom. The molecule has 1 aliphatic rings. The van der Waals surface area contributed by atoms with E-state index in [0.29, 0.717) is 0 Å². The second-order valence-electron chi connectivity index (χ2n) is 7.17. The van der Waals surface area contributed by atoms with Gasteiger partial charge in [0.05, 0.1) is 0 Å². The van der Waals surface area contributed by atoms with Crippen LogP contribution in [0.5, 0.6) is 0 Å². The average Bonchev–Trinajstić information content (AvgIpc) is 2.67. The molecule has 0 bridgehead atoms. The van der Waals surface area contributed by atoms with Crippen LogP contribution < -0.4 is 15.1 Å². The number of hydrogen-bond acceptors (Lipinski definition) is 5. The van der Waals surface area contributed by atoms with Crippen LogP contribution in [0.4, 0.5) is 23.0 Å². The Labute approximate surface area is 160 Å². The van der Waals surface area contributed by atoms with Crippen molar-refractivity contribution >= 4 is 23.0 Å². The second kappa shape index (κ2) is 7.27. The van der Waals surface area contributed by atoms with E-state index in [0.717, 1.165) is 42.7 Å². The predicted octanol–water partition coefficient (Wildman–Crippen LogP) is 4.16. The summed E-state index contributed by atoms with van der Waals surface area (Å²) in [4.78, 5) is 13.7. The van der Waals surface area contributed by atoms with Gasteiger partial charge in [0.15, 0.2) is 0 Å². The molecule has 0 unspecified atom stereocenters. The van der Waals surface area contributed by atoms with E-state index < -0.39 is 0 Å². The number of hydrogen-bond donors (Lipinski definition) is 1. The maximum Gasteiger partial charge on any atom is 0.136 e. The SMILES string of the molecule is Cc1nc(Nc2ccc(N(C)C)cc2)cc(N2CCc3ccccc3C2)n1. The Hall–Kier alpha value is -3.08. The highest BCUT2D eigenvalue weighted by Gasteiger charge is 2.18. The zero-order valence-electron chi connectivity index (χ0n) is 16.1. The minimum atomic E-state index is 0.777. The van der Waals surface area contributed by atoms with Gasteiger partial charge in [0.25, 0.3) is 0 Å². The molecule has 138 valence electrons. The van der Waals surface area contributed by atoms with Crippen molar-refractivity contribution in [1.29, 1.82) is 0 Å². The van der Waals surface area contributed by atoms with Crippen molar-refractivity contribution in [2.24, 2.45) is 0 Å².